The SMILES string of the molecule is O=C(NCCCCN1CCN(Cc2ccccc2)CC1)c1ccncc1. The van der Waals surface area contributed by atoms with Gasteiger partial charge in [-0.2, -0.15) is 0 Å². The third kappa shape index (κ3) is 5.93. The number of amides is 1. The summed E-state index contributed by atoms with van der Waals surface area (Å²) in [5.41, 5.74) is 2.07. The summed E-state index contributed by atoms with van der Waals surface area (Å²) in [6.45, 7) is 7.43. The minimum Gasteiger partial charge on any atom is -0.352 e. The smallest absolute Gasteiger partial charge is 0.251 e. The Hall–Kier alpha value is -2.24. The zero-order chi connectivity index (χ0) is 18.0. The van der Waals surface area contributed by atoms with Gasteiger partial charge in [0.1, 0.15) is 0 Å². The van der Waals surface area contributed by atoms with Crippen molar-refractivity contribution in [1.82, 2.24) is 20.1 Å². The van der Waals surface area contributed by atoms with E-state index in [1.54, 1.807) is 24.5 Å². The molecule has 0 spiro atoms. The lowest BCUT2D eigenvalue weighted by molar-refractivity contribution is 0.0951. The Morgan fingerprint density at radius 2 is 1.62 bits per heavy atom. The molecule has 1 fully saturated rings. The summed E-state index contributed by atoms with van der Waals surface area (Å²) < 4.78 is 0. The molecule has 1 aromatic carbocycles. The molecule has 0 saturated carbocycles. The van der Waals surface area contributed by atoms with E-state index in [0.29, 0.717) is 5.56 Å². The Morgan fingerprint density at radius 1 is 0.923 bits per heavy atom. The van der Waals surface area contributed by atoms with Crippen molar-refractivity contribution in [3.63, 3.8) is 0 Å². The second-order valence-corrected chi connectivity index (χ2v) is 6.80. The highest BCUT2D eigenvalue weighted by Gasteiger charge is 2.16. The fraction of sp³-hybridized carbons (Fsp3) is 0.429. The lowest BCUT2D eigenvalue weighted by atomic mass is 10.2. The number of hydrogen-bond acceptors (Lipinski definition) is 4. The summed E-state index contributed by atoms with van der Waals surface area (Å²) in [5, 5.41) is 2.98. The molecule has 2 heterocycles. The zero-order valence-electron chi connectivity index (χ0n) is 15.3. The molecule has 3 rings (SSSR count). The third-order valence-electron chi connectivity index (χ3n) is 4.84. The van der Waals surface area contributed by atoms with Gasteiger partial charge in [0.05, 0.1) is 0 Å². The molecule has 0 aliphatic carbocycles. The van der Waals surface area contributed by atoms with E-state index in [9.17, 15) is 4.79 Å². The summed E-state index contributed by atoms with van der Waals surface area (Å²) in [4.78, 5) is 20.9. The third-order valence-corrected chi connectivity index (χ3v) is 4.84. The van der Waals surface area contributed by atoms with Gasteiger partial charge in [-0.1, -0.05) is 30.3 Å². The standard InChI is InChI=1S/C21H28N4O/c26-21(20-8-11-22-12-9-20)23-10-4-5-13-24-14-16-25(17-15-24)18-19-6-2-1-3-7-19/h1-3,6-9,11-12H,4-5,10,13-18H2,(H,23,26). The van der Waals surface area contributed by atoms with Crippen molar-refractivity contribution < 1.29 is 4.79 Å². The van der Waals surface area contributed by atoms with Crippen LogP contribution in [0.25, 0.3) is 0 Å². The van der Waals surface area contributed by atoms with Crippen LogP contribution in [0.3, 0.4) is 0 Å². The number of benzene rings is 1. The number of carbonyl (C=O) groups excluding carboxylic acids is 1. The molecule has 0 radical (unpaired) electrons. The molecule has 1 N–H and O–H groups in total. The van der Waals surface area contributed by atoms with E-state index in [2.05, 4.69) is 50.4 Å². The van der Waals surface area contributed by atoms with Crippen molar-refractivity contribution in [2.75, 3.05) is 39.3 Å². The first kappa shape index (κ1) is 18.5. The molecule has 0 atom stereocenters. The van der Waals surface area contributed by atoms with E-state index in [0.717, 1.165) is 58.7 Å². The van der Waals surface area contributed by atoms with Crippen molar-refractivity contribution in [3.05, 3.63) is 66.0 Å². The van der Waals surface area contributed by atoms with Crippen molar-refractivity contribution >= 4 is 5.91 Å². The van der Waals surface area contributed by atoms with Gasteiger partial charge in [0.15, 0.2) is 0 Å². The highest BCUT2D eigenvalue weighted by atomic mass is 16.1. The van der Waals surface area contributed by atoms with Crippen LogP contribution < -0.4 is 5.32 Å². The van der Waals surface area contributed by atoms with Gasteiger partial charge in [0.2, 0.25) is 0 Å². The maximum atomic E-state index is 11.9. The minimum atomic E-state index is -0.0121. The number of unbranched alkanes of at least 4 members (excludes halogenated alkanes) is 1. The summed E-state index contributed by atoms with van der Waals surface area (Å²) in [6.07, 6.45) is 5.43. The Kier molecular flexibility index (Phi) is 7.16. The number of nitrogens with zero attached hydrogens (tertiary/aromatic N) is 3. The predicted molar refractivity (Wildman–Crippen MR) is 104 cm³/mol. The molecular formula is C21H28N4O. The van der Waals surface area contributed by atoms with Gasteiger partial charge in [-0.25, -0.2) is 0 Å². The van der Waals surface area contributed by atoms with Gasteiger partial charge in [0, 0.05) is 57.2 Å². The highest BCUT2D eigenvalue weighted by Crippen LogP contribution is 2.09. The summed E-state index contributed by atoms with van der Waals surface area (Å²) in [5.74, 6) is -0.0121. The van der Waals surface area contributed by atoms with Crippen LogP contribution in [0, 0.1) is 0 Å². The van der Waals surface area contributed by atoms with Crippen LogP contribution in [0.5, 0.6) is 0 Å². The lowest BCUT2D eigenvalue weighted by Crippen LogP contribution is -2.46. The fourth-order valence-electron chi connectivity index (χ4n) is 3.28. The monoisotopic (exact) mass is 352 g/mol. The zero-order valence-corrected chi connectivity index (χ0v) is 15.3. The molecule has 5 nitrogen and oxygen atoms in total. The molecule has 1 saturated heterocycles. The van der Waals surface area contributed by atoms with Crippen LogP contribution in [0.1, 0.15) is 28.8 Å². The topological polar surface area (TPSA) is 48.5 Å². The molecular weight excluding hydrogens is 324 g/mol. The van der Waals surface area contributed by atoms with Gasteiger partial charge in [-0.15, -0.1) is 0 Å². The summed E-state index contributed by atoms with van der Waals surface area (Å²) >= 11 is 0. The van der Waals surface area contributed by atoms with E-state index in [4.69, 9.17) is 0 Å². The maximum Gasteiger partial charge on any atom is 0.251 e. The van der Waals surface area contributed by atoms with Crippen molar-refractivity contribution in [2.24, 2.45) is 0 Å². The Morgan fingerprint density at radius 3 is 2.35 bits per heavy atom. The number of piperazine rings is 1. The van der Waals surface area contributed by atoms with Crippen molar-refractivity contribution in [1.29, 1.82) is 0 Å². The molecule has 1 amide bonds. The first-order chi connectivity index (χ1) is 12.8. The van der Waals surface area contributed by atoms with E-state index < -0.39 is 0 Å². The van der Waals surface area contributed by atoms with Gasteiger partial charge >= 0.3 is 0 Å². The Labute approximate surface area is 156 Å². The van der Waals surface area contributed by atoms with E-state index in [1.807, 2.05) is 0 Å². The quantitative estimate of drug-likeness (QED) is 0.741. The van der Waals surface area contributed by atoms with Crippen LogP contribution in [0.2, 0.25) is 0 Å². The molecule has 1 aliphatic rings. The summed E-state index contributed by atoms with van der Waals surface area (Å²) in [6, 6.07) is 14.2. The average molecular weight is 352 g/mol. The predicted octanol–water partition coefficient (Wildman–Crippen LogP) is 2.41. The van der Waals surface area contributed by atoms with Gasteiger partial charge in [0.25, 0.3) is 5.91 Å². The van der Waals surface area contributed by atoms with Crippen LogP contribution in [-0.4, -0.2) is 60.0 Å². The number of rotatable bonds is 8. The Balaban J connectivity index is 1.26. The number of pyridine rings is 1. The number of carbonyl (C=O) groups is 1. The van der Waals surface area contributed by atoms with E-state index in [1.165, 1.54) is 5.56 Å². The lowest BCUT2D eigenvalue weighted by Gasteiger charge is -2.34. The first-order valence-electron chi connectivity index (χ1n) is 9.48. The first-order valence-corrected chi connectivity index (χ1v) is 9.48. The molecule has 5 heteroatoms. The van der Waals surface area contributed by atoms with Crippen molar-refractivity contribution in [2.45, 2.75) is 19.4 Å². The average Bonchev–Trinajstić information content (AvgIpc) is 2.70. The van der Waals surface area contributed by atoms with Gasteiger partial charge in [-0.05, 0) is 37.1 Å². The fourth-order valence-corrected chi connectivity index (χ4v) is 3.28. The molecule has 26 heavy (non-hydrogen) atoms. The van der Waals surface area contributed by atoms with Crippen LogP contribution in [0.15, 0.2) is 54.9 Å². The second-order valence-electron chi connectivity index (χ2n) is 6.80. The largest absolute Gasteiger partial charge is 0.352 e. The number of aromatic nitrogens is 1. The van der Waals surface area contributed by atoms with Crippen LogP contribution in [-0.2, 0) is 6.54 Å². The normalized spacial score (nSPS) is 15.7. The van der Waals surface area contributed by atoms with E-state index >= 15 is 0 Å². The molecule has 138 valence electrons. The second kappa shape index (κ2) is 10.0. The molecule has 0 bridgehead atoms. The summed E-state index contributed by atoms with van der Waals surface area (Å²) in [7, 11) is 0. The van der Waals surface area contributed by atoms with E-state index in [-0.39, 0.29) is 5.91 Å². The number of hydrogen-bond donors (Lipinski definition) is 1. The molecule has 1 aromatic heterocycles. The van der Waals surface area contributed by atoms with Crippen LogP contribution >= 0.6 is 0 Å². The van der Waals surface area contributed by atoms with Crippen molar-refractivity contribution in [3.8, 4) is 0 Å². The van der Waals surface area contributed by atoms with Gasteiger partial charge in [-0.3, -0.25) is 14.7 Å². The highest BCUT2D eigenvalue weighted by molar-refractivity contribution is 5.93. The minimum absolute atomic E-state index is 0.0121. The van der Waals surface area contributed by atoms with Crippen LogP contribution in [0.4, 0.5) is 0 Å². The van der Waals surface area contributed by atoms with Gasteiger partial charge < -0.3 is 10.2 Å². The molecule has 0 unspecified atom stereocenters. The molecule has 2 aromatic rings. The molecule has 1 aliphatic heterocycles. The Bertz CT molecular complexity index is 654. The number of nitrogens with one attached hydrogen (secondary N) is 1. The maximum absolute atomic E-state index is 11.9.